The Hall–Kier alpha value is -2.87. The molecule has 0 aliphatic heterocycles. The van der Waals surface area contributed by atoms with Crippen LogP contribution in [0.4, 0.5) is 17.5 Å². The van der Waals surface area contributed by atoms with Crippen molar-refractivity contribution in [2.24, 2.45) is 0 Å². The molecule has 0 amide bonds. The third kappa shape index (κ3) is 3.48. The smallest absolute Gasteiger partial charge is 0.247 e. The fourth-order valence-corrected chi connectivity index (χ4v) is 3.09. The molecule has 4 N–H and O–H groups in total. The van der Waals surface area contributed by atoms with Crippen molar-refractivity contribution in [2.45, 2.75) is 37.8 Å². The molecule has 3 aromatic heterocycles. The maximum atomic E-state index is 9.64. The molecule has 0 bridgehead atoms. The molecule has 25 heavy (non-hydrogen) atoms. The number of anilines is 3. The van der Waals surface area contributed by atoms with Crippen LogP contribution in [0.15, 0.2) is 36.5 Å². The van der Waals surface area contributed by atoms with Crippen molar-refractivity contribution >= 4 is 23.1 Å². The van der Waals surface area contributed by atoms with E-state index >= 15 is 0 Å². The molecular weight excluding hydrogens is 320 g/mol. The summed E-state index contributed by atoms with van der Waals surface area (Å²) in [5.74, 6) is 1.31. The lowest BCUT2D eigenvalue weighted by atomic mass is 9.93. The molecule has 0 saturated heterocycles. The normalized spacial score (nSPS) is 20.5. The van der Waals surface area contributed by atoms with Gasteiger partial charge in [-0.25, -0.2) is 4.98 Å². The summed E-state index contributed by atoms with van der Waals surface area (Å²) in [6, 6.07) is 9.34. The number of rotatable bonds is 4. The monoisotopic (exact) mass is 340 g/mol. The highest BCUT2D eigenvalue weighted by atomic mass is 16.3. The van der Waals surface area contributed by atoms with Crippen molar-refractivity contribution in [3.63, 3.8) is 0 Å². The van der Waals surface area contributed by atoms with E-state index in [1.54, 1.807) is 10.6 Å². The number of nitrogens with zero attached hydrogens (tertiary/aromatic N) is 4. The van der Waals surface area contributed by atoms with Gasteiger partial charge < -0.3 is 20.8 Å². The van der Waals surface area contributed by atoms with E-state index in [2.05, 4.69) is 25.7 Å². The molecule has 1 fully saturated rings. The molecule has 130 valence electrons. The van der Waals surface area contributed by atoms with Crippen LogP contribution in [0.2, 0.25) is 0 Å². The van der Waals surface area contributed by atoms with Crippen molar-refractivity contribution in [3.05, 3.63) is 36.5 Å². The number of aromatic nitrogens is 4. The zero-order valence-corrected chi connectivity index (χ0v) is 13.6. The van der Waals surface area contributed by atoms with Gasteiger partial charge in [0.2, 0.25) is 11.8 Å². The molecule has 1 aliphatic rings. The topological polar surface area (TPSA) is 108 Å². The zero-order valence-electron chi connectivity index (χ0n) is 13.6. The first-order chi connectivity index (χ1) is 12.2. The molecule has 1 aliphatic carbocycles. The molecule has 0 aromatic carbocycles. The molecule has 1 saturated carbocycles. The summed E-state index contributed by atoms with van der Waals surface area (Å²) in [4.78, 5) is 8.29. The van der Waals surface area contributed by atoms with Crippen LogP contribution >= 0.6 is 0 Å². The Morgan fingerprint density at radius 3 is 2.68 bits per heavy atom. The zero-order chi connectivity index (χ0) is 17.2. The number of aliphatic hydroxyl groups is 1. The van der Waals surface area contributed by atoms with Gasteiger partial charge in [-0.15, -0.1) is 5.10 Å². The predicted molar refractivity (Wildman–Crippen MR) is 94.1 cm³/mol. The fourth-order valence-electron chi connectivity index (χ4n) is 3.09. The number of nitrogens with one attached hydrogen (secondary N) is 2. The molecule has 4 rings (SSSR count). The summed E-state index contributed by atoms with van der Waals surface area (Å²) >= 11 is 0. The first-order valence-corrected chi connectivity index (χ1v) is 8.40. The van der Waals surface area contributed by atoms with Gasteiger partial charge in [-0.2, -0.15) is 9.50 Å². The third-order valence-corrected chi connectivity index (χ3v) is 4.41. The summed E-state index contributed by atoms with van der Waals surface area (Å²) < 4.78 is 1.77. The van der Waals surface area contributed by atoms with Gasteiger partial charge in [-0.05, 0) is 43.9 Å². The first kappa shape index (κ1) is 15.6. The van der Waals surface area contributed by atoms with E-state index in [1.807, 2.05) is 18.2 Å². The SMILES string of the molecule is Oc1ccc(Nc2nc3cccc(N[C@H]4CC[C@@H](O)CC4)n3n2)cn1. The molecular formula is C17H20N6O2. The van der Waals surface area contributed by atoms with Crippen LogP contribution in [0.25, 0.3) is 5.65 Å². The number of pyridine rings is 2. The Labute approximate surface area is 144 Å². The van der Waals surface area contributed by atoms with E-state index in [0.717, 1.165) is 37.1 Å². The van der Waals surface area contributed by atoms with E-state index in [-0.39, 0.29) is 12.0 Å². The minimum atomic E-state index is -0.171. The second kappa shape index (κ2) is 6.56. The second-order valence-corrected chi connectivity index (χ2v) is 6.30. The average Bonchev–Trinajstić information content (AvgIpc) is 3.02. The predicted octanol–water partition coefficient (Wildman–Crippen LogP) is 2.29. The summed E-state index contributed by atoms with van der Waals surface area (Å²) in [6.45, 7) is 0. The highest BCUT2D eigenvalue weighted by molar-refractivity contribution is 5.57. The van der Waals surface area contributed by atoms with E-state index in [1.165, 1.54) is 12.3 Å². The molecule has 0 radical (unpaired) electrons. The van der Waals surface area contributed by atoms with Crippen molar-refractivity contribution in [1.29, 1.82) is 0 Å². The second-order valence-electron chi connectivity index (χ2n) is 6.30. The van der Waals surface area contributed by atoms with Crippen LogP contribution in [0.5, 0.6) is 5.88 Å². The number of aliphatic hydroxyl groups excluding tert-OH is 1. The van der Waals surface area contributed by atoms with Gasteiger partial charge in [0.05, 0.1) is 18.0 Å². The van der Waals surface area contributed by atoms with Crippen molar-refractivity contribution < 1.29 is 10.2 Å². The Balaban J connectivity index is 1.54. The number of fused-ring (bicyclic) bond motifs is 1. The minimum Gasteiger partial charge on any atom is -0.493 e. The quantitative estimate of drug-likeness (QED) is 0.577. The average molecular weight is 340 g/mol. The van der Waals surface area contributed by atoms with Gasteiger partial charge in [-0.1, -0.05) is 6.07 Å². The summed E-state index contributed by atoms with van der Waals surface area (Å²) in [5.41, 5.74) is 1.43. The van der Waals surface area contributed by atoms with Gasteiger partial charge in [0.1, 0.15) is 5.82 Å². The first-order valence-electron chi connectivity index (χ1n) is 8.40. The molecule has 0 atom stereocenters. The Bertz CT molecular complexity index is 855. The molecule has 8 heteroatoms. The van der Waals surface area contributed by atoms with Crippen LogP contribution in [0.3, 0.4) is 0 Å². The number of hydrogen-bond donors (Lipinski definition) is 4. The summed E-state index contributed by atoms with van der Waals surface area (Å²) in [5, 5.41) is 30.0. The van der Waals surface area contributed by atoms with Crippen LogP contribution in [0.1, 0.15) is 25.7 Å². The van der Waals surface area contributed by atoms with Gasteiger partial charge in [-0.3, -0.25) is 0 Å². The van der Waals surface area contributed by atoms with Crippen LogP contribution in [0, 0.1) is 0 Å². The van der Waals surface area contributed by atoms with Gasteiger partial charge in [0.25, 0.3) is 0 Å². The Morgan fingerprint density at radius 2 is 1.92 bits per heavy atom. The largest absolute Gasteiger partial charge is 0.493 e. The third-order valence-electron chi connectivity index (χ3n) is 4.41. The van der Waals surface area contributed by atoms with Gasteiger partial charge in [0, 0.05) is 12.1 Å². The standard InChI is InChI=1S/C17H20N6O2/c24-13-7-4-11(5-8-13)19-14-2-1-3-15-21-17(22-23(14)15)20-12-6-9-16(25)18-10-12/h1-3,6,9-11,13,19,24H,4-5,7-8H2,(H,18,25)(H,20,22)/t11-,13+. The summed E-state index contributed by atoms with van der Waals surface area (Å²) in [7, 11) is 0. The van der Waals surface area contributed by atoms with Crippen LogP contribution in [-0.2, 0) is 0 Å². The van der Waals surface area contributed by atoms with E-state index in [4.69, 9.17) is 0 Å². The van der Waals surface area contributed by atoms with E-state index in [0.29, 0.717) is 17.7 Å². The maximum absolute atomic E-state index is 9.64. The highest BCUT2D eigenvalue weighted by Gasteiger charge is 2.20. The number of aromatic hydroxyl groups is 1. The molecule has 3 aromatic rings. The lowest BCUT2D eigenvalue weighted by Crippen LogP contribution is -2.29. The van der Waals surface area contributed by atoms with Gasteiger partial charge in [0.15, 0.2) is 5.65 Å². The maximum Gasteiger partial charge on any atom is 0.247 e. The van der Waals surface area contributed by atoms with Crippen molar-refractivity contribution in [1.82, 2.24) is 19.6 Å². The van der Waals surface area contributed by atoms with Crippen molar-refractivity contribution in [2.75, 3.05) is 10.6 Å². The van der Waals surface area contributed by atoms with Crippen LogP contribution < -0.4 is 10.6 Å². The lowest BCUT2D eigenvalue weighted by molar-refractivity contribution is 0.126. The van der Waals surface area contributed by atoms with Crippen LogP contribution in [-0.4, -0.2) is 41.9 Å². The Kier molecular flexibility index (Phi) is 4.10. The fraction of sp³-hybridized carbons (Fsp3) is 0.353. The van der Waals surface area contributed by atoms with E-state index in [9.17, 15) is 10.2 Å². The lowest BCUT2D eigenvalue weighted by Gasteiger charge is -2.26. The molecule has 0 spiro atoms. The summed E-state index contributed by atoms with van der Waals surface area (Å²) in [6.07, 6.45) is 4.88. The Morgan fingerprint density at radius 1 is 1.08 bits per heavy atom. The minimum absolute atomic E-state index is 0.0300. The number of hydrogen-bond acceptors (Lipinski definition) is 7. The molecule has 0 unspecified atom stereocenters. The van der Waals surface area contributed by atoms with Crippen molar-refractivity contribution in [3.8, 4) is 5.88 Å². The van der Waals surface area contributed by atoms with E-state index < -0.39 is 0 Å². The highest BCUT2D eigenvalue weighted by Crippen LogP contribution is 2.23. The molecule has 3 heterocycles. The molecule has 8 nitrogen and oxygen atoms in total. The van der Waals surface area contributed by atoms with Gasteiger partial charge >= 0.3 is 0 Å².